The lowest BCUT2D eigenvalue weighted by atomic mass is 9.86. The number of imide groups is 1. The molecule has 0 aromatic heterocycles. The van der Waals surface area contributed by atoms with Crippen molar-refractivity contribution < 1.29 is 19.1 Å². The number of urea groups is 1. The molecule has 3 rings (SSSR count). The summed E-state index contributed by atoms with van der Waals surface area (Å²) >= 11 is 0. The molecule has 0 aromatic carbocycles. The molecule has 8 nitrogen and oxygen atoms in total. The first-order valence-corrected chi connectivity index (χ1v) is 10.5. The van der Waals surface area contributed by atoms with Crippen LogP contribution in [0.1, 0.15) is 46.0 Å². The van der Waals surface area contributed by atoms with Crippen molar-refractivity contribution in [2.45, 2.75) is 57.5 Å². The minimum Gasteiger partial charge on any atom is -0.384 e. The lowest BCUT2D eigenvalue weighted by molar-refractivity contribution is -0.139. The smallest absolute Gasteiger partial charge is 0.325 e. The fraction of sp³-hybridized carbons (Fsp3) is 0.850. The summed E-state index contributed by atoms with van der Waals surface area (Å²) in [5, 5.41) is 3.01. The van der Waals surface area contributed by atoms with Gasteiger partial charge in [0.2, 0.25) is 5.91 Å². The van der Waals surface area contributed by atoms with Gasteiger partial charge in [-0.25, -0.2) is 4.79 Å². The third kappa shape index (κ3) is 4.33. The Morgan fingerprint density at radius 3 is 2.61 bits per heavy atom. The maximum atomic E-state index is 13.3. The first-order chi connectivity index (χ1) is 13.4. The third-order valence-corrected chi connectivity index (χ3v) is 6.16. The quantitative estimate of drug-likeness (QED) is 0.681. The number of rotatable bonds is 6. The molecule has 1 N–H and O–H groups in total. The predicted octanol–water partition coefficient (Wildman–Crippen LogP) is 1.06. The minimum atomic E-state index is -0.757. The number of methoxy groups -OCH3 is 1. The van der Waals surface area contributed by atoms with Gasteiger partial charge in [0.15, 0.2) is 0 Å². The fourth-order valence-corrected chi connectivity index (χ4v) is 4.68. The van der Waals surface area contributed by atoms with Gasteiger partial charge in [-0.3, -0.25) is 14.5 Å². The standard InChI is InChI=1S/C20H34N4O4/c1-15(2)13-22-10-7-20(8-11-22)18(26)24(19(27)21-20)16-5-4-9-23(14-16)17(25)6-12-28-3/h15-16H,4-14H2,1-3H3,(H,21,27)/t16-/m0/s1. The SMILES string of the molecule is COCCC(=O)N1CCC[C@H](N2C(=O)NC3(CCN(CC(C)C)CC3)C2=O)C1. The molecule has 0 radical (unpaired) electrons. The van der Waals surface area contributed by atoms with Crippen LogP contribution in [0.15, 0.2) is 0 Å². The molecule has 28 heavy (non-hydrogen) atoms. The van der Waals surface area contributed by atoms with Crippen LogP contribution in [0.3, 0.4) is 0 Å². The number of nitrogens with zero attached hydrogens (tertiary/aromatic N) is 3. The maximum Gasteiger partial charge on any atom is 0.325 e. The molecule has 4 amide bonds. The lowest BCUT2D eigenvalue weighted by Crippen LogP contribution is -2.56. The number of hydrogen-bond acceptors (Lipinski definition) is 5. The molecule has 8 heteroatoms. The van der Waals surface area contributed by atoms with Crippen LogP contribution in [0.4, 0.5) is 4.79 Å². The highest BCUT2D eigenvalue weighted by molar-refractivity contribution is 6.07. The van der Waals surface area contributed by atoms with Crippen molar-refractivity contribution >= 4 is 17.8 Å². The molecular formula is C20H34N4O4. The van der Waals surface area contributed by atoms with Gasteiger partial charge in [0.1, 0.15) is 5.54 Å². The second-order valence-electron chi connectivity index (χ2n) is 8.76. The Bertz CT molecular complexity index is 601. The lowest BCUT2D eigenvalue weighted by Gasteiger charge is -2.39. The normalized spacial score (nSPS) is 25.6. The minimum absolute atomic E-state index is 0.0234. The average Bonchev–Trinajstić information content (AvgIpc) is 2.91. The van der Waals surface area contributed by atoms with Gasteiger partial charge in [-0.05, 0) is 31.6 Å². The highest BCUT2D eigenvalue weighted by Crippen LogP contribution is 2.32. The molecule has 3 aliphatic heterocycles. The van der Waals surface area contributed by atoms with Crippen molar-refractivity contribution in [3.63, 3.8) is 0 Å². The van der Waals surface area contributed by atoms with E-state index in [4.69, 9.17) is 4.74 Å². The van der Waals surface area contributed by atoms with E-state index in [1.165, 1.54) is 4.90 Å². The first kappa shape index (κ1) is 21.0. The van der Waals surface area contributed by atoms with Crippen LogP contribution in [-0.4, -0.2) is 90.6 Å². The van der Waals surface area contributed by atoms with Gasteiger partial charge >= 0.3 is 6.03 Å². The Kier molecular flexibility index (Phi) is 6.60. The molecule has 3 aliphatic rings. The zero-order valence-electron chi connectivity index (χ0n) is 17.4. The van der Waals surface area contributed by atoms with E-state index in [2.05, 4.69) is 24.1 Å². The van der Waals surface area contributed by atoms with Crippen LogP contribution >= 0.6 is 0 Å². The number of ether oxygens (including phenoxy) is 1. The summed E-state index contributed by atoms with van der Waals surface area (Å²) in [5.41, 5.74) is -0.757. The molecule has 3 saturated heterocycles. The van der Waals surface area contributed by atoms with Crippen molar-refractivity contribution in [3.05, 3.63) is 0 Å². The first-order valence-electron chi connectivity index (χ1n) is 10.5. The Hall–Kier alpha value is -1.67. The summed E-state index contributed by atoms with van der Waals surface area (Å²) in [4.78, 5) is 43.9. The van der Waals surface area contributed by atoms with Gasteiger partial charge in [-0.2, -0.15) is 0 Å². The summed E-state index contributed by atoms with van der Waals surface area (Å²) in [5.74, 6) is 0.511. The molecular weight excluding hydrogens is 360 g/mol. The average molecular weight is 395 g/mol. The summed E-state index contributed by atoms with van der Waals surface area (Å²) in [6, 6.07) is -0.528. The second-order valence-corrected chi connectivity index (χ2v) is 8.76. The van der Waals surface area contributed by atoms with Crippen molar-refractivity contribution in [2.75, 3.05) is 46.4 Å². The number of carbonyl (C=O) groups excluding carboxylic acids is 3. The summed E-state index contributed by atoms with van der Waals surface area (Å²) in [6.07, 6.45) is 3.20. The van der Waals surface area contributed by atoms with Gasteiger partial charge in [0.25, 0.3) is 5.91 Å². The summed E-state index contributed by atoms with van der Waals surface area (Å²) < 4.78 is 4.99. The van der Waals surface area contributed by atoms with Crippen molar-refractivity contribution in [3.8, 4) is 0 Å². The van der Waals surface area contributed by atoms with Gasteiger partial charge in [0, 0.05) is 39.8 Å². The van der Waals surface area contributed by atoms with Gasteiger partial charge < -0.3 is 19.9 Å². The van der Waals surface area contributed by atoms with E-state index in [-0.39, 0.29) is 23.9 Å². The molecule has 0 aliphatic carbocycles. The van der Waals surface area contributed by atoms with Gasteiger partial charge in [-0.1, -0.05) is 13.8 Å². The predicted molar refractivity (Wildman–Crippen MR) is 105 cm³/mol. The number of carbonyl (C=O) groups is 3. The molecule has 0 bridgehead atoms. The monoisotopic (exact) mass is 394 g/mol. The van der Waals surface area contributed by atoms with Crippen LogP contribution < -0.4 is 5.32 Å². The molecule has 0 saturated carbocycles. The van der Waals surface area contributed by atoms with Crippen LogP contribution in [0.5, 0.6) is 0 Å². The van der Waals surface area contributed by atoms with Crippen LogP contribution in [0.25, 0.3) is 0 Å². The highest BCUT2D eigenvalue weighted by atomic mass is 16.5. The van der Waals surface area contributed by atoms with Crippen molar-refractivity contribution in [1.29, 1.82) is 0 Å². The topological polar surface area (TPSA) is 82.2 Å². The number of piperidine rings is 2. The largest absolute Gasteiger partial charge is 0.384 e. The second kappa shape index (κ2) is 8.78. The Labute approximate surface area is 167 Å². The highest BCUT2D eigenvalue weighted by Gasteiger charge is 2.54. The van der Waals surface area contributed by atoms with E-state index in [0.717, 1.165) is 32.5 Å². The third-order valence-electron chi connectivity index (χ3n) is 6.16. The van der Waals surface area contributed by atoms with E-state index in [1.54, 1.807) is 12.0 Å². The molecule has 1 spiro atoms. The molecule has 3 fully saturated rings. The Morgan fingerprint density at radius 1 is 1.25 bits per heavy atom. The Balaban J connectivity index is 1.63. The molecule has 0 aromatic rings. The number of nitrogens with one attached hydrogen (secondary N) is 1. The Morgan fingerprint density at radius 2 is 1.96 bits per heavy atom. The number of likely N-dealkylation sites (tertiary alicyclic amines) is 2. The van der Waals surface area contributed by atoms with Crippen molar-refractivity contribution in [1.82, 2.24) is 20.0 Å². The van der Waals surface area contributed by atoms with E-state index in [0.29, 0.717) is 44.9 Å². The molecule has 0 unspecified atom stereocenters. The van der Waals surface area contributed by atoms with Gasteiger partial charge in [0.05, 0.1) is 19.1 Å². The zero-order chi connectivity index (χ0) is 20.3. The fourth-order valence-electron chi connectivity index (χ4n) is 4.68. The van der Waals surface area contributed by atoms with Crippen LogP contribution in [0.2, 0.25) is 0 Å². The molecule has 158 valence electrons. The number of hydrogen-bond donors (Lipinski definition) is 1. The van der Waals surface area contributed by atoms with Crippen LogP contribution in [-0.2, 0) is 14.3 Å². The number of amides is 4. The molecule has 1 atom stereocenters. The summed E-state index contributed by atoms with van der Waals surface area (Å²) in [7, 11) is 1.57. The van der Waals surface area contributed by atoms with E-state index in [9.17, 15) is 14.4 Å². The van der Waals surface area contributed by atoms with E-state index >= 15 is 0 Å². The van der Waals surface area contributed by atoms with E-state index in [1.807, 2.05) is 0 Å². The van der Waals surface area contributed by atoms with Crippen LogP contribution in [0, 0.1) is 5.92 Å². The van der Waals surface area contributed by atoms with Gasteiger partial charge in [-0.15, -0.1) is 0 Å². The summed E-state index contributed by atoms with van der Waals surface area (Å²) in [6.45, 7) is 8.54. The van der Waals surface area contributed by atoms with Crippen molar-refractivity contribution in [2.24, 2.45) is 5.92 Å². The maximum absolute atomic E-state index is 13.3. The van der Waals surface area contributed by atoms with E-state index < -0.39 is 5.54 Å². The zero-order valence-corrected chi connectivity index (χ0v) is 17.4. The molecule has 3 heterocycles.